The van der Waals surface area contributed by atoms with Crippen LogP contribution in [0.5, 0.6) is 0 Å². The molecule has 0 bridgehead atoms. The summed E-state index contributed by atoms with van der Waals surface area (Å²) in [4.78, 5) is 3.83. The highest BCUT2D eigenvalue weighted by molar-refractivity contribution is 5.36. The van der Waals surface area contributed by atoms with Crippen LogP contribution in [0.1, 0.15) is 17.0 Å². The average molecular weight is 281 g/mol. The quantitative estimate of drug-likeness (QED) is 0.831. The van der Waals surface area contributed by atoms with Gasteiger partial charge in [0.05, 0.1) is 19.0 Å². The first kappa shape index (κ1) is 14.7. The summed E-state index contributed by atoms with van der Waals surface area (Å²) in [6.07, 6.45) is 1.07. The Kier molecular flexibility index (Phi) is 4.68. The van der Waals surface area contributed by atoms with Crippen molar-refractivity contribution in [1.82, 2.24) is 9.55 Å². The van der Waals surface area contributed by atoms with Gasteiger partial charge in [-0.2, -0.15) is 10.5 Å². The zero-order valence-corrected chi connectivity index (χ0v) is 11.3. The van der Waals surface area contributed by atoms with Gasteiger partial charge in [-0.25, -0.2) is 4.98 Å². The summed E-state index contributed by atoms with van der Waals surface area (Å²) in [5.74, 6) is 0. The Bertz CT molecular complexity index is 680. The van der Waals surface area contributed by atoms with E-state index in [4.69, 9.17) is 16.3 Å². The molecular formula is C15H15N5O. The minimum atomic E-state index is -0.835. The highest BCUT2D eigenvalue weighted by atomic mass is 16.3. The van der Waals surface area contributed by atoms with E-state index in [0.717, 1.165) is 5.56 Å². The molecule has 1 aromatic heterocycles. The van der Waals surface area contributed by atoms with Crippen LogP contribution in [0, 0.1) is 22.7 Å². The van der Waals surface area contributed by atoms with Gasteiger partial charge in [-0.3, -0.25) is 0 Å². The van der Waals surface area contributed by atoms with E-state index in [2.05, 4.69) is 4.98 Å². The van der Waals surface area contributed by atoms with Crippen molar-refractivity contribution in [2.45, 2.75) is 25.1 Å². The van der Waals surface area contributed by atoms with Crippen LogP contribution >= 0.6 is 0 Å². The fourth-order valence-corrected chi connectivity index (χ4v) is 2.08. The molecule has 1 heterocycles. The maximum absolute atomic E-state index is 10.2. The smallest absolute Gasteiger partial charge is 0.176 e. The van der Waals surface area contributed by atoms with Gasteiger partial charge in [-0.1, -0.05) is 30.3 Å². The van der Waals surface area contributed by atoms with Crippen molar-refractivity contribution in [1.29, 1.82) is 10.5 Å². The third-order valence-electron chi connectivity index (χ3n) is 3.24. The number of rotatable bonds is 5. The average Bonchev–Trinajstić information content (AvgIpc) is 2.89. The monoisotopic (exact) mass is 281 g/mol. The molecule has 0 saturated heterocycles. The van der Waals surface area contributed by atoms with Gasteiger partial charge < -0.3 is 15.4 Å². The van der Waals surface area contributed by atoms with E-state index in [0.29, 0.717) is 6.42 Å². The number of nitrogens with zero attached hydrogens (tertiary/aromatic N) is 4. The second-order valence-corrected chi connectivity index (χ2v) is 4.74. The van der Waals surface area contributed by atoms with Gasteiger partial charge in [0.25, 0.3) is 0 Å². The molecule has 0 aliphatic heterocycles. The van der Waals surface area contributed by atoms with Crippen LogP contribution in [0.15, 0.2) is 36.7 Å². The van der Waals surface area contributed by atoms with Gasteiger partial charge >= 0.3 is 0 Å². The van der Waals surface area contributed by atoms with E-state index in [1.54, 1.807) is 0 Å². The summed E-state index contributed by atoms with van der Waals surface area (Å²) < 4.78 is 1.45. The lowest BCUT2D eigenvalue weighted by molar-refractivity contribution is 0.124. The third kappa shape index (κ3) is 3.46. The lowest BCUT2D eigenvalue weighted by Crippen LogP contribution is -2.39. The number of benzene rings is 1. The number of nitrogens with two attached hydrogens (primary N) is 1. The minimum absolute atomic E-state index is 0.0568. The first-order chi connectivity index (χ1) is 10.2. The van der Waals surface area contributed by atoms with Crippen LogP contribution in [0.4, 0.5) is 0 Å². The molecule has 6 heteroatoms. The molecule has 0 aliphatic rings. The Morgan fingerprint density at radius 3 is 2.57 bits per heavy atom. The van der Waals surface area contributed by atoms with E-state index in [9.17, 15) is 5.11 Å². The molecule has 2 rings (SSSR count). The van der Waals surface area contributed by atoms with Crippen molar-refractivity contribution in [3.8, 4) is 12.1 Å². The molecule has 0 saturated carbocycles. The molecule has 0 spiro atoms. The van der Waals surface area contributed by atoms with Gasteiger partial charge in [-0.15, -0.1) is 0 Å². The number of hydrogen-bond donors (Lipinski definition) is 2. The molecule has 0 amide bonds. The molecule has 2 aromatic rings. The zero-order chi connectivity index (χ0) is 15.2. The van der Waals surface area contributed by atoms with Crippen molar-refractivity contribution in [3.05, 3.63) is 53.6 Å². The van der Waals surface area contributed by atoms with Crippen LogP contribution in [-0.2, 0) is 13.0 Å². The maximum Gasteiger partial charge on any atom is 0.176 e. The molecule has 0 aliphatic carbocycles. The summed E-state index contributed by atoms with van der Waals surface area (Å²) in [7, 11) is 0. The van der Waals surface area contributed by atoms with E-state index < -0.39 is 12.1 Å². The van der Waals surface area contributed by atoms with Crippen LogP contribution in [0.3, 0.4) is 0 Å². The number of hydrogen-bond acceptors (Lipinski definition) is 5. The molecule has 3 N–H and O–H groups in total. The molecule has 1 aromatic carbocycles. The fourth-order valence-electron chi connectivity index (χ4n) is 2.08. The summed E-state index contributed by atoms with van der Waals surface area (Å²) >= 11 is 0. The second-order valence-electron chi connectivity index (χ2n) is 4.74. The Labute approximate surface area is 122 Å². The SMILES string of the molecule is N#Cc1ncn(CC(O)C(N)Cc2ccccc2)c1C#N. The van der Waals surface area contributed by atoms with Gasteiger partial charge in [-0.05, 0) is 12.0 Å². The number of aliphatic hydroxyl groups excluding tert-OH is 1. The van der Waals surface area contributed by atoms with Gasteiger partial charge in [0.1, 0.15) is 12.1 Å². The van der Waals surface area contributed by atoms with Crippen LogP contribution in [0.2, 0.25) is 0 Å². The topological polar surface area (TPSA) is 112 Å². The van der Waals surface area contributed by atoms with Crippen molar-refractivity contribution >= 4 is 0 Å². The first-order valence-corrected chi connectivity index (χ1v) is 6.48. The predicted octanol–water partition coefficient (Wildman–Crippen LogP) is 0.557. The lowest BCUT2D eigenvalue weighted by atomic mass is 10.0. The standard InChI is InChI=1S/C15H15N5O/c16-7-13-14(8-17)20(10-19-13)9-15(21)12(18)6-11-4-2-1-3-5-11/h1-5,10,12,15,21H,6,9,18H2. The van der Waals surface area contributed by atoms with Crippen molar-refractivity contribution in [2.24, 2.45) is 5.73 Å². The Morgan fingerprint density at radius 2 is 1.95 bits per heavy atom. The second kappa shape index (κ2) is 6.67. The van der Waals surface area contributed by atoms with Gasteiger partial charge in [0.2, 0.25) is 0 Å². The number of imidazole rings is 1. The number of nitriles is 2. The summed E-state index contributed by atoms with van der Waals surface area (Å²) in [6.45, 7) is 0.131. The molecule has 6 nitrogen and oxygen atoms in total. The van der Waals surface area contributed by atoms with Crippen molar-refractivity contribution in [2.75, 3.05) is 0 Å². The van der Waals surface area contributed by atoms with Crippen LogP contribution in [-0.4, -0.2) is 26.8 Å². The Balaban J connectivity index is 2.05. The third-order valence-corrected chi connectivity index (χ3v) is 3.24. The maximum atomic E-state index is 10.2. The van der Waals surface area contributed by atoms with Gasteiger partial charge in [0, 0.05) is 6.04 Å². The van der Waals surface area contributed by atoms with Crippen LogP contribution in [0.25, 0.3) is 0 Å². The van der Waals surface area contributed by atoms with E-state index >= 15 is 0 Å². The number of aliphatic hydroxyl groups is 1. The molecule has 2 unspecified atom stereocenters. The molecule has 2 atom stereocenters. The Hall–Kier alpha value is -2.67. The lowest BCUT2D eigenvalue weighted by Gasteiger charge is -2.19. The highest BCUT2D eigenvalue weighted by Gasteiger charge is 2.19. The highest BCUT2D eigenvalue weighted by Crippen LogP contribution is 2.09. The van der Waals surface area contributed by atoms with E-state index in [1.165, 1.54) is 10.9 Å². The molecule has 0 radical (unpaired) electrons. The number of aromatic nitrogens is 2. The first-order valence-electron chi connectivity index (χ1n) is 6.48. The molecule has 0 fully saturated rings. The fraction of sp³-hybridized carbons (Fsp3) is 0.267. The van der Waals surface area contributed by atoms with E-state index in [1.807, 2.05) is 42.5 Å². The molecular weight excluding hydrogens is 266 g/mol. The minimum Gasteiger partial charge on any atom is -0.390 e. The van der Waals surface area contributed by atoms with Crippen molar-refractivity contribution in [3.63, 3.8) is 0 Å². The van der Waals surface area contributed by atoms with Crippen LogP contribution < -0.4 is 5.73 Å². The normalized spacial score (nSPS) is 13.1. The summed E-state index contributed by atoms with van der Waals surface area (Å²) in [6, 6.07) is 12.9. The molecule has 106 valence electrons. The summed E-state index contributed by atoms with van der Waals surface area (Å²) in [5, 5.41) is 28.0. The molecule has 21 heavy (non-hydrogen) atoms. The largest absolute Gasteiger partial charge is 0.390 e. The zero-order valence-electron chi connectivity index (χ0n) is 11.3. The Morgan fingerprint density at radius 1 is 1.24 bits per heavy atom. The summed E-state index contributed by atoms with van der Waals surface area (Å²) in [5.41, 5.74) is 7.23. The van der Waals surface area contributed by atoms with Crippen molar-refractivity contribution < 1.29 is 5.11 Å². The predicted molar refractivity (Wildman–Crippen MR) is 75.8 cm³/mol. The van der Waals surface area contributed by atoms with E-state index in [-0.39, 0.29) is 17.9 Å². The van der Waals surface area contributed by atoms with Gasteiger partial charge in [0.15, 0.2) is 11.4 Å².